The number of nitro benzene ring substituents is 1. The Morgan fingerprint density at radius 3 is 2.53 bits per heavy atom. The minimum absolute atomic E-state index is 0.00374. The van der Waals surface area contributed by atoms with Crippen LogP contribution >= 0.6 is 15.9 Å². The molecule has 3 aromatic rings. The van der Waals surface area contributed by atoms with Crippen molar-refractivity contribution >= 4 is 39.0 Å². The van der Waals surface area contributed by atoms with Crippen LogP contribution in [0.1, 0.15) is 45.8 Å². The SMILES string of the molecule is Cc1ccc(C(=O)C2C(c3ccc([N+](=O)[O-])cc3)C3CCCN3[C@@]23C(=O)Nc2ccc(Br)cc23)cc1. The van der Waals surface area contributed by atoms with E-state index in [9.17, 15) is 19.7 Å². The van der Waals surface area contributed by atoms with Crippen LogP contribution in [-0.2, 0) is 10.3 Å². The van der Waals surface area contributed by atoms with E-state index in [1.807, 2.05) is 49.4 Å². The van der Waals surface area contributed by atoms with Gasteiger partial charge in [-0.1, -0.05) is 57.9 Å². The van der Waals surface area contributed by atoms with E-state index in [2.05, 4.69) is 26.1 Å². The number of non-ortho nitro benzene ring substituents is 1. The number of halogens is 1. The lowest BCUT2D eigenvalue weighted by Gasteiger charge is -2.37. The monoisotopic (exact) mass is 545 g/mol. The van der Waals surface area contributed by atoms with Gasteiger partial charge in [0.1, 0.15) is 5.54 Å². The number of fused-ring (bicyclic) bond motifs is 4. The Hall–Kier alpha value is -3.36. The Kier molecular flexibility index (Phi) is 5.35. The summed E-state index contributed by atoms with van der Waals surface area (Å²) in [6, 6.07) is 19.7. The van der Waals surface area contributed by atoms with Gasteiger partial charge in [-0.15, -0.1) is 0 Å². The standard InChI is InChI=1S/C28H24BrN3O4/c1-16-4-6-18(7-5-16)26(33)25-24(17-8-11-20(12-9-17)32(35)36)23-3-2-14-31(23)28(25)21-15-19(29)10-13-22(21)30-27(28)34/h4-13,15,23-25H,2-3,14H2,1H3,(H,30,34)/t23?,24?,25?,28-/m1/s1. The van der Waals surface area contributed by atoms with Crippen LogP contribution in [0.25, 0.3) is 0 Å². The fraction of sp³-hybridized carbons (Fsp3) is 0.286. The number of benzene rings is 3. The first-order valence-electron chi connectivity index (χ1n) is 12.1. The first-order valence-corrected chi connectivity index (χ1v) is 12.8. The minimum Gasteiger partial charge on any atom is -0.324 e. The van der Waals surface area contributed by atoms with Crippen LogP contribution < -0.4 is 5.32 Å². The average Bonchev–Trinajstić information content (AvgIpc) is 3.52. The summed E-state index contributed by atoms with van der Waals surface area (Å²) in [5.74, 6) is -1.26. The molecule has 0 aromatic heterocycles. The van der Waals surface area contributed by atoms with Gasteiger partial charge in [-0.2, -0.15) is 0 Å². The second-order valence-corrected chi connectivity index (χ2v) is 10.8. The summed E-state index contributed by atoms with van der Waals surface area (Å²) >= 11 is 3.57. The van der Waals surface area contributed by atoms with Crippen LogP contribution in [0.4, 0.5) is 11.4 Å². The number of nitro groups is 1. The molecule has 1 N–H and O–H groups in total. The quantitative estimate of drug-likeness (QED) is 0.262. The molecule has 7 nitrogen and oxygen atoms in total. The number of ketones is 1. The molecule has 4 atom stereocenters. The van der Waals surface area contributed by atoms with Gasteiger partial charge in [0.25, 0.3) is 5.69 Å². The lowest BCUT2D eigenvalue weighted by atomic mass is 9.68. The minimum atomic E-state index is -1.16. The first-order chi connectivity index (χ1) is 17.3. The highest BCUT2D eigenvalue weighted by Crippen LogP contribution is 2.61. The number of aryl methyl sites for hydroxylation is 1. The lowest BCUT2D eigenvalue weighted by molar-refractivity contribution is -0.384. The smallest absolute Gasteiger partial charge is 0.269 e. The molecule has 3 aromatic carbocycles. The van der Waals surface area contributed by atoms with E-state index < -0.39 is 16.4 Å². The molecule has 0 bridgehead atoms. The summed E-state index contributed by atoms with van der Waals surface area (Å²) in [6.07, 6.45) is 1.76. The third-order valence-electron chi connectivity index (χ3n) is 8.07. The number of hydrogen-bond donors (Lipinski definition) is 1. The van der Waals surface area contributed by atoms with Crippen molar-refractivity contribution in [2.75, 3.05) is 11.9 Å². The van der Waals surface area contributed by atoms with E-state index in [4.69, 9.17) is 0 Å². The van der Waals surface area contributed by atoms with Gasteiger partial charge in [0.2, 0.25) is 5.91 Å². The highest BCUT2D eigenvalue weighted by Gasteiger charge is 2.69. The Morgan fingerprint density at radius 1 is 1.11 bits per heavy atom. The van der Waals surface area contributed by atoms with Crippen LogP contribution in [-0.4, -0.2) is 34.1 Å². The number of rotatable bonds is 4. The van der Waals surface area contributed by atoms with Crippen molar-refractivity contribution in [3.8, 4) is 0 Å². The van der Waals surface area contributed by atoms with Crippen LogP contribution in [0.2, 0.25) is 0 Å². The van der Waals surface area contributed by atoms with Gasteiger partial charge in [0, 0.05) is 45.4 Å². The fourth-order valence-electron chi connectivity index (χ4n) is 6.62. The Labute approximate surface area is 216 Å². The third kappa shape index (κ3) is 3.21. The van der Waals surface area contributed by atoms with E-state index in [0.29, 0.717) is 12.1 Å². The molecule has 2 fully saturated rings. The first kappa shape index (κ1) is 23.1. The molecule has 1 spiro atoms. The summed E-state index contributed by atoms with van der Waals surface area (Å²) in [5, 5.41) is 14.4. The number of anilines is 1. The average molecular weight is 546 g/mol. The topological polar surface area (TPSA) is 92.5 Å². The molecule has 3 aliphatic rings. The zero-order valence-corrected chi connectivity index (χ0v) is 21.2. The van der Waals surface area contributed by atoms with Crippen molar-refractivity contribution < 1.29 is 14.5 Å². The van der Waals surface area contributed by atoms with Crippen molar-refractivity contribution in [3.63, 3.8) is 0 Å². The molecular weight excluding hydrogens is 522 g/mol. The maximum atomic E-state index is 14.4. The van der Waals surface area contributed by atoms with E-state index in [1.54, 1.807) is 12.1 Å². The maximum Gasteiger partial charge on any atom is 0.269 e. The Morgan fingerprint density at radius 2 is 1.83 bits per heavy atom. The van der Waals surface area contributed by atoms with E-state index in [1.165, 1.54) is 12.1 Å². The molecule has 2 saturated heterocycles. The summed E-state index contributed by atoms with van der Waals surface area (Å²) in [5.41, 5.74) is 2.83. The Bertz CT molecular complexity index is 1410. The highest BCUT2D eigenvalue weighted by molar-refractivity contribution is 9.10. The highest BCUT2D eigenvalue weighted by atomic mass is 79.9. The van der Waals surface area contributed by atoms with Crippen LogP contribution in [0.3, 0.4) is 0 Å². The molecule has 8 heteroatoms. The van der Waals surface area contributed by atoms with Gasteiger partial charge in [-0.3, -0.25) is 24.6 Å². The van der Waals surface area contributed by atoms with Gasteiger partial charge in [-0.05, 0) is 50.1 Å². The second kappa shape index (κ2) is 8.35. The summed E-state index contributed by atoms with van der Waals surface area (Å²) in [4.78, 5) is 41.6. The van der Waals surface area contributed by atoms with Crippen LogP contribution in [0.15, 0.2) is 71.2 Å². The van der Waals surface area contributed by atoms with Gasteiger partial charge in [0.05, 0.1) is 10.8 Å². The number of amides is 1. The van der Waals surface area contributed by atoms with Crippen LogP contribution in [0, 0.1) is 23.0 Å². The number of nitrogens with zero attached hydrogens (tertiary/aromatic N) is 2. The molecule has 0 aliphatic carbocycles. The molecule has 1 amide bonds. The van der Waals surface area contributed by atoms with E-state index in [0.717, 1.165) is 39.7 Å². The molecule has 0 saturated carbocycles. The van der Waals surface area contributed by atoms with Gasteiger partial charge < -0.3 is 5.32 Å². The van der Waals surface area contributed by atoms with Crippen molar-refractivity contribution in [2.45, 2.75) is 37.3 Å². The van der Waals surface area contributed by atoms with Gasteiger partial charge in [0.15, 0.2) is 5.78 Å². The number of nitrogens with one attached hydrogen (secondary N) is 1. The summed E-state index contributed by atoms with van der Waals surface area (Å²) in [6.45, 7) is 2.67. The van der Waals surface area contributed by atoms with E-state index in [-0.39, 0.29) is 29.3 Å². The number of carbonyl (C=O) groups excluding carboxylic acids is 2. The molecule has 182 valence electrons. The fourth-order valence-corrected chi connectivity index (χ4v) is 6.98. The molecule has 3 unspecified atom stereocenters. The molecule has 6 rings (SSSR count). The maximum absolute atomic E-state index is 14.4. The predicted octanol–water partition coefficient (Wildman–Crippen LogP) is 5.57. The molecule has 36 heavy (non-hydrogen) atoms. The van der Waals surface area contributed by atoms with Crippen molar-refractivity contribution in [3.05, 3.63) is 104 Å². The molecular formula is C28H24BrN3O4. The molecule has 3 heterocycles. The Balaban J connectivity index is 1.59. The second-order valence-electron chi connectivity index (χ2n) is 9.90. The molecule has 3 aliphatic heterocycles. The van der Waals surface area contributed by atoms with Gasteiger partial charge >= 0.3 is 0 Å². The van der Waals surface area contributed by atoms with Gasteiger partial charge in [-0.25, -0.2) is 0 Å². The zero-order chi connectivity index (χ0) is 25.2. The number of carbonyl (C=O) groups is 2. The van der Waals surface area contributed by atoms with Crippen LogP contribution in [0.5, 0.6) is 0 Å². The molecule has 0 radical (unpaired) electrons. The summed E-state index contributed by atoms with van der Waals surface area (Å²) in [7, 11) is 0. The third-order valence-corrected chi connectivity index (χ3v) is 8.56. The number of Topliss-reactive ketones (excluding diaryl/α,β-unsaturated/α-hetero) is 1. The van der Waals surface area contributed by atoms with Crippen molar-refractivity contribution in [1.29, 1.82) is 0 Å². The largest absolute Gasteiger partial charge is 0.324 e. The predicted molar refractivity (Wildman–Crippen MR) is 139 cm³/mol. The van der Waals surface area contributed by atoms with Crippen molar-refractivity contribution in [1.82, 2.24) is 4.90 Å². The van der Waals surface area contributed by atoms with Crippen molar-refractivity contribution in [2.24, 2.45) is 5.92 Å². The normalized spacial score (nSPS) is 26.6. The number of hydrogen-bond acceptors (Lipinski definition) is 5. The van der Waals surface area contributed by atoms with E-state index >= 15 is 0 Å². The zero-order valence-electron chi connectivity index (χ0n) is 19.6. The lowest BCUT2D eigenvalue weighted by Crippen LogP contribution is -2.52. The summed E-state index contributed by atoms with van der Waals surface area (Å²) < 4.78 is 0.841.